The zero-order valence-electron chi connectivity index (χ0n) is 8.76. The van der Waals surface area contributed by atoms with Gasteiger partial charge in [0.1, 0.15) is 6.61 Å². The fourth-order valence-electron chi connectivity index (χ4n) is 1.00. The van der Waals surface area contributed by atoms with Crippen LogP contribution >= 0.6 is 0 Å². The van der Waals surface area contributed by atoms with E-state index < -0.39 is 13.0 Å². The van der Waals surface area contributed by atoms with E-state index in [-0.39, 0.29) is 6.10 Å². The number of halogens is 2. The fraction of sp³-hybridized carbons (Fsp3) is 1.00. The molecule has 0 aliphatic carbocycles. The Hall–Kier alpha value is -0.260. The van der Waals surface area contributed by atoms with Crippen LogP contribution in [-0.2, 0) is 9.47 Å². The van der Waals surface area contributed by atoms with Crippen molar-refractivity contribution in [3.05, 3.63) is 0 Å². The maximum Gasteiger partial charge on any atom is 0.261 e. The van der Waals surface area contributed by atoms with Gasteiger partial charge in [0, 0.05) is 13.7 Å². The molecule has 1 atom stereocenters. The van der Waals surface area contributed by atoms with Crippen molar-refractivity contribution in [2.24, 2.45) is 0 Å². The van der Waals surface area contributed by atoms with Gasteiger partial charge in [0.05, 0.1) is 12.7 Å². The van der Waals surface area contributed by atoms with Crippen molar-refractivity contribution in [1.82, 2.24) is 5.32 Å². The third-order valence-corrected chi connectivity index (χ3v) is 1.61. The van der Waals surface area contributed by atoms with Crippen LogP contribution in [0.5, 0.6) is 0 Å². The number of alkyl halides is 2. The molecule has 0 aromatic heterocycles. The molecule has 0 aliphatic rings. The molecule has 0 aromatic rings. The second-order valence-corrected chi connectivity index (χ2v) is 3.01. The summed E-state index contributed by atoms with van der Waals surface area (Å²) in [7, 11) is 1.53. The molecule has 0 rings (SSSR count). The van der Waals surface area contributed by atoms with Crippen LogP contribution in [-0.4, -0.2) is 45.9 Å². The van der Waals surface area contributed by atoms with E-state index in [1.54, 1.807) is 0 Å². The van der Waals surface area contributed by atoms with Crippen molar-refractivity contribution in [2.75, 3.05) is 33.4 Å². The average molecular weight is 211 g/mol. The highest BCUT2D eigenvalue weighted by Crippen LogP contribution is 1.98. The van der Waals surface area contributed by atoms with Crippen molar-refractivity contribution in [3.63, 3.8) is 0 Å². The highest BCUT2D eigenvalue weighted by molar-refractivity contribution is 4.60. The van der Waals surface area contributed by atoms with E-state index in [1.807, 2.05) is 6.92 Å². The first-order valence-electron chi connectivity index (χ1n) is 4.80. The van der Waals surface area contributed by atoms with Crippen molar-refractivity contribution in [1.29, 1.82) is 0 Å². The second kappa shape index (κ2) is 9.30. The molecule has 1 unspecified atom stereocenters. The first-order valence-corrected chi connectivity index (χ1v) is 4.80. The summed E-state index contributed by atoms with van der Waals surface area (Å²) in [4.78, 5) is 0. The van der Waals surface area contributed by atoms with E-state index >= 15 is 0 Å². The minimum Gasteiger partial charge on any atom is -0.382 e. The molecule has 0 amide bonds. The molecule has 0 radical (unpaired) electrons. The third-order valence-electron chi connectivity index (χ3n) is 1.61. The zero-order valence-corrected chi connectivity index (χ0v) is 8.76. The van der Waals surface area contributed by atoms with E-state index in [1.165, 1.54) is 7.11 Å². The molecule has 3 nitrogen and oxygen atoms in total. The maximum absolute atomic E-state index is 11.8. The van der Waals surface area contributed by atoms with E-state index in [9.17, 15) is 8.78 Å². The number of hydrogen-bond donors (Lipinski definition) is 1. The first kappa shape index (κ1) is 13.7. The molecule has 0 spiro atoms. The molecule has 86 valence electrons. The Labute approximate surface area is 83.8 Å². The summed E-state index contributed by atoms with van der Waals surface area (Å²) in [5.41, 5.74) is 0. The molecular weight excluding hydrogens is 192 g/mol. The number of ether oxygens (including phenoxy) is 2. The molecular formula is C9H19F2NO2. The molecule has 0 aromatic carbocycles. The van der Waals surface area contributed by atoms with Crippen LogP contribution in [0.15, 0.2) is 0 Å². The second-order valence-electron chi connectivity index (χ2n) is 3.01. The molecule has 0 saturated carbocycles. The molecule has 0 fully saturated rings. The van der Waals surface area contributed by atoms with Gasteiger partial charge in [-0.05, 0) is 13.0 Å². The SMILES string of the molecule is CCCNCC(COC)OCC(F)F. The lowest BCUT2D eigenvalue weighted by Gasteiger charge is -2.17. The first-order chi connectivity index (χ1) is 6.70. The predicted molar refractivity (Wildman–Crippen MR) is 50.8 cm³/mol. The Morgan fingerprint density at radius 3 is 2.50 bits per heavy atom. The van der Waals surface area contributed by atoms with Gasteiger partial charge >= 0.3 is 0 Å². The van der Waals surface area contributed by atoms with E-state index in [0.717, 1.165) is 13.0 Å². The summed E-state index contributed by atoms with van der Waals surface area (Å²) >= 11 is 0. The average Bonchev–Trinajstić information content (AvgIpc) is 2.14. The largest absolute Gasteiger partial charge is 0.382 e. The summed E-state index contributed by atoms with van der Waals surface area (Å²) in [6, 6.07) is 0. The Balaban J connectivity index is 3.54. The van der Waals surface area contributed by atoms with Gasteiger partial charge in [-0.1, -0.05) is 6.92 Å². The maximum atomic E-state index is 11.8. The quantitative estimate of drug-likeness (QED) is 0.583. The molecule has 0 heterocycles. The molecule has 0 bridgehead atoms. The number of nitrogens with one attached hydrogen (secondary N) is 1. The van der Waals surface area contributed by atoms with Crippen LogP contribution in [0.1, 0.15) is 13.3 Å². The fourth-order valence-corrected chi connectivity index (χ4v) is 1.00. The van der Waals surface area contributed by atoms with Crippen molar-refractivity contribution in [3.8, 4) is 0 Å². The van der Waals surface area contributed by atoms with Gasteiger partial charge in [-0.3, -0.25) is 0 Å². The van der Waals surface area contributed by atoms with E-state index in [2.05, 4.69) is 5.32 Å². The molecule has 0 aliphatic heterocycles. The lowest BCUT2D eigenvalue weighted by Crippen LogP contribution is -2.34. The van der Waals surface area contributed by atoms with Gasteiger partial charge in [0.2, 0.25) is 0 Å². The highest BCUT2D eigenvalue weighted by Gasteiger charge is 2.11. The number of rotatable bonds is 9. The summed E-state index contributed by atoms with van der Waals surface area (Å²) in [5, 5.41) is 3.09. The topological polar surface area (TPSA) is 30.5 Å². The Bertz CT molecular complexity index is 125. The summed E-state index contributed by atoms with van der Waals surface area (Å²) < 4.78 is 33.5. The van der Waals surface area contributed by atoms with Crippen LogP contribution in [0.4, 0.5) is 8.78 Å². The summed E-state index contributed by atoms with van der Waals surface area (Å²) in [6.45, 7) is 3.26. The van der Waals surface area contributed by atoms with Crippen LogP contribution < -0.4 is 5.32 Å². The van der Waals surface area contributed by atoms with Gasteiger partial charge in [-0.15, -0.1) is 0 Å². The predicted octanol–water partition coefficient (Wildman–Crippen LogP) is 1.28. The normalized spacial score (nSPS) is 13.5. The minimum absolute atomic E-state index is 0.291. The monoisotopic (exact) mass is 211 g/mol. The third kappa shape index (κ3) is 8.34. The Morgan fingerprint density at radius 2 is 2.00 bits per heavy atom. The molecule has 5 heteroatoms. The van der Waals surface area contributed by atoms with Gasteiger partial charge in [-0.2, -0.15) is 0 Å². The van der Waals surface area contributed by atoms with Gasteiger partial charge in [0.25, 0.3) is 6.43 Å². The Kier molecular flexibility index (Phi) is 9.13. The lowest BCUT2D eigenvalue weighted by molar-refractivity contribution is -0.0494. The van der Waals surface area contributed by atoms with Crippen molar-refractivity contribution in [2.45, 2.75) is 25.9 Å². The summed E-state index contributed by atoms with van der Waals surface area (Å²) in [5.74, 6) is 0. The van der Waals surface area contributed by atoms with Gasteiger partial charge in [0.15, 0.2) is 0 Å². The molecule has 1 N–H and O–H groups in total. The zero-order chi connectivity index (χ0) is 10.8. The van der Waals surface area contributed by atoms with Crippen LogP contribution in [0, 0.1) is 0 Å². The summed E-state index contributed by atoms with van der Waals surface area (Å²) in [6.07, 6.45) is -1.70. The van der Waals surface area contributed by atoms with E-state index in [4.69, 9.17) is 9.47 Å². The van der Waals surface area contributed by atoms with E-state index in [0.29, 0.717) is 13.2 Å². The number of methoxy groups -OCH3 is 1. The van der Waals surface area contributed by atoms with Gasteiger partial charge in [-0.25, -0.2) is 8.78 Å². The minimum atomic E-state index is -2.42. The Morgan fingerprint density at radius 1 is 1.29 bits per heavy atom. The smallest absolute Gasteiger partial charge is 0.261 e. The lowest BCUT2D eigenvalue weighted by atomic mass is 10.3. The molecule has 0 saturated heterocycles. The van der Waals surface area contributed by atoms with Crippen LogP contribution in [0.25, 0.3) is 0 Å². The van der Waals surface area contributed by atoms with Crippen LogP contribution in [0.3, 0.4) is 0 Å². The van der Waals surface area contributed by atoms with Crippen molar-refractivity contribution < 1.29 is 18.3 Å². The van der Waals surface area contributed by atoms with Gasteiger partial charge < -0.3 is 14.8 Å². The standard InChI is InChI=1S/C9H19F2NO2/c1-3-4-12-5-8(6-13-2)14-7-9(10)11/h8-9,12H,3-7H2,1-2H3. The number of hydrogen-bond acceptors (Lipinski definition) is 3. The highest BCUT2D eigenvalue weighted by atomic mass is 19.3. The molecule has 14 heavy (non-hydrogen) atoms. The van der Waals surface area contributed by atoms with Crippen LogP contribution in [0.2, 0.25) is 0 Å². The van der Waals surface area contributed by atoms with Crippen molar-refractivity contribution >= 4 is 0 Å².